The zero-order valence-corrected chi connectivity index (χ0v) is 11.6. The van der Waals surface area contributed by atoms with Crippen molar-refractivity contribution >= 4 is 17.6 Å². The minimum absolute atomic E-state index is 0.202. The molecule has 0 radical (unpaired) electrons. The van der Waals surface area contributed by atoms with Crippen LogP contribution in [0.25, 0.3) is 0 Å². The molecule has 1 N–H and O–H groups in total. The molecule has 2 atom stereocenters. The van der Waals surface area contributed by atoms with Gasteiger partial charge in [0, 0.05) is 11.6 Å². The maximum Gasteiger partial charge on any atom is 0.321 e. The summed E-state index contributed by atoms with van der Waals surface area (Å²) < 4.78 is 5.59. The molecule has 1 saturated heterocycles. The molecule has 0 aromatic heterocycles. The van der Waals surface area contributed by atoms with Gasteiger partial charge in [0.2, 0.25) is 0 Å². The number of hydrogen-bond donors (Lipinski definition) is 1. The number of aliphatic carboxylic acids is 1. The summed E-state index contributed by atoms with van der Waals surface area (Å²) >= 11 is 5.79. The lowest BCUT2D eigenvalue weighted by Crippen LogP contribution is -2.41. The van der Waals surface area contributed by atoms with Gasteiger partial charge in [-0.25, -0.2) is 0 Å². The van der Waals surface area contributed by atoms with Gasteiger partial charge in [0.05, 0.1) is 0 Å². The van der Waals surface area contributed by atoms with E-state index >= 15 is 0 Å². The summed E-state index contributed by atoms with van der Waals surface area (Å²) in [6.45, 7) is 3.92. The molecule has 1 fully saturated rings. The molecular weight excluding hydrogens is 266 g/mol. The van der Waals surface area contributed by atoms with E-state index in [1.54, 1.807) is 12.1 Å². The highest BCUT2D eigenvalue weighted by Crippen LogP contribution is 2.23. The molecule has 1 aliphatic heterocycles. The lowest BCUT2D eigenvalue weighted by atomic mass is 10.0. The number of carbonyl (C=O) groups is 1. The lowest BCUT2D eigenvalue weighted by Gasteiger charge is -2.22. The first-order valence-electron chi connectivity index (χ1n) is 6.43. The van der Waals surface area contributed by atoms with E-state index in [9.17, 15) is 9.90 Å². The maximum atomic E-state index is 11.2. The summed E-state index contributed by atoms with van der Waals surface area (Å²) in [7, 11) is 0. The Hall–Kier alpha value is -1.26. The fourth-order valence-electron chi connectivity index (χ4n) is 2.49. The molecule has 1 aliphatic rings. The van der Waals surface area contributed by atoms with Gasteiger partial charge in [-0.2, -0.15) is 0 Å². The Kier molecular flexibility index (Phi) is 4.66. The van der Waals surface area contributed by atoms with E-state index in [2.05, 4.69) is 0 Å². The van der Waals surface area contributed by atoms with E-state index in [4.69, 9.17) is 16.3 Å². The summed E-state index contributed by atoms with van der Waals surface area (Å²) in [5.41, 5.74) is 0. The molecule has 0 aliphatic carbocycles. The van der Waals surface area contributed by atoms with E-state index in [0.29, 0.717) is 18.2 Å². The van der Waals surface area contributed by atoms with Crippen LogP contribution in [0, 0.1) is 5.92 Å². The van der Waals surface area contributed by atoms with Gasteiger partial charge in [-0.1, -0.05) is 18.5 Å². The van der Waals surface area contributed by atoms with Crippen molar-refractivity contribution in [2.75, 3.05) is 19.7 Å². The molecule has 4 nitrogen and oxygen atoms in total. The van der Waals surface area contributed by atoms with Gasteiger partial charge >= 0.3 is 5.97 Å². The predicted molar refractivity (Wildman–Crippen MR) is 73.7 cm³/mol. The molecule has 2 unspecified atom stereocenters. The Bertz CT molecular complexity index is 435. The summed E-state index contributed by atoms with van der Waals surface area (Å²) in [5, 5.41) is 9.88. The van der Waals surface area contributed by atoms with Crippen LogP contribution in [0.5, 0.6) is 5.75 Å². The monoisotopic (exact) mass is 283 g/mol. The number of likely N-dealkylation sites (tertiary alicyclic amines) is 1. The van der Waals surface area contributed by atoms with Crippen molar-refractivity contribution in [2.45, 2.75) is 19.4 Å². The maximum absolute atomic E-state index is 11.2. The van der Waals surface area contributed by atoms with Gasteiger partial charge in [-0.05, 0) is 43.1 Å². The highest BCUT2D eigenvalue weighted by molar-refractivity contribution is 6.30. The molecule has 2 rings (SSSR count). The number of benzene rings is 1. The van der Waals surface area contributed by atoms with Crippen LogP contribution in [-0.4, -0.2) is 41.7 Å². The molecule has 1 aromatic rings. The highest BCUT2D eigenvalue weighted by atomic mass is 35.5. The van der Waals surface area contributed by atoms with Crippen LogP contribution in [0.4, 0.5) is 0 Å². The normalized spacial score (nSPS) is 23.5. The predicted octanol–water partition coefficient (Wildman–Crippen LogP) is 2.51. The van der Waals surface area contributed by atoms with E-state index in [1.165, 1.54) is 0 Å². The van der Waals surface area contributed by atoms with E-state index in [1.807, 2.05) is 24.0 Å². The van der Waals surface area contributed by atoms with Crippen LogP contribution in [0.15, 0.2) is 24.3 Å². The van der Waals surface area contributed by atoms with Crippen molar-refractivity contribution in [3.05, 3.63) is 29.3 Å². The van der Waals surface area contributed by atoms with Gasteiger partial charge < -0.3 is 9.84 Å². The Balaban J connectivity index is 1.82. The molecule has 104 valence electrons. The van der Waals surface area contributed by atoms with Crippen molar-refractivity contribution in [1.82, 2.24) is 4.90 Å². The third-order valence-corrected chi connectivity index (χ3v) is 3.77. The second-order valence-corrected chi connectivity index (χ2v) is 5.32. The molecule has 0 spiro atoms. The average molecular weight is 284 g/mol. The third-order valence-electron chi connectivity index (χ3n) is 3.52. The van der Waals surface area contributed by atoms with Crippen LogP contribution < -0.4 is 4.74 Å². The fourth-order valence-corrected chi connectivity index (χ4v) is 2.61. The van der Waals surface area contributed by atoms with Crippen molar-refractivity contribution in [2.24, 2.45) is 5.92 Å². The Morgan fingerprint density at radius 1 is 1.47 bits per heavy atom. The van der Waals surface area contributed by atoms with Crippen LogP contribution in [0.2, 0.25) is 5.02 Å². The van der Waals surface area contributed by atoms with Crippen molar-refractivity contribution in [1.29, 1.82) is 0 Å². The third kappa shape index (κ3) is 3.61. The van der Waals surface area contributed by atoms with Crippen LogP contribution in [0.1, 0.15) is 13.3 Å². The number of carboxylic acid groups (broad SMARTS) is 1. The van der Waals surface area contributed by atoms with Gasteiger partial charge in [0.25, 0.3) is 0 Å². The van der Waals surface area contributed by atoms with Gasteiger partial charge in [0.15, 0.2) is 0 Å². The minimum atomic E-state index is -0.739. The van der Waals surface area contributed by atoms with Gasteiger partial charge in [-0.3, -0.25) is 9.69 Å². The van der Waals surface area contributed by atoms with Crippen LogP contribution in [-0.2, 0) is 4.79 Å². The standard InChI is InChI=1S/C14H18ClNO3/c1-10-6-7-16(13(10)14(17)18)8-9-19-12-4-2-11(15)3-5-12/h2-5,10,13H,6-9H2,1H3,(H,17,18). The first-order valence-corrected chi connectivity index (χ1v) is 6.81. The van der Waals surface area contributed by atoms with Gasteiger partial charge in [0.1, 0.15) is 18.4 Å². The van der Waals surface area contributed by atoms with Gasteiger partial charge in [-0.15, -0.1) is 0 Å². The van der Waals surface area contributed by atoms with E-state index in [0.717, 1.165) is 18.7 Å². The number of carboxylic acids is 1. The zero-order valence-electron chi connectivity index (χ0n) is 10.9. The minimum Gasteiger partial charge on any atom is -0.492 e. The second kappa shape index (κ2) is 6.26. The molecule has 1 heterocycles. The molecule has 0 saturated carbocycles. The second-order valence-electron chi connectivity index (χ2n) is 4.89. The molecule has 19 heavy (non-hydrogen) atoms. The number of ether oxygens (including phenoxy) is 1. The molecule has 0 bridgehead atoms. The highest BCUT2D eigenvalue weighted by Gasteiger charge is 2.36. The van der Waals surface area contributed by atoms with Crippen LogP contribution in [0.3, 0.4) is 0 Å². The van der Waals surface area contributed by atoms with E-state index < -0.39 is 5.97 Å². The average Bonchev–Trinajstić information content (AvgIpc) is 2.73. The fraction of sp³-hybridized carbons (Fsp3) is 0.500. The smallest absolute Gasteiger partial charge is 0.321 e. The number of halogens is 1. The number of rotatable bonds is 5. The quantitative estimate of drug-likeness (QED) is 0.902. The summed E-state index contributed by atoms with van der Waals surface area (Å²) in [4.78, 5) is 13.2. The van der Waals surface area contributed by atoms with Crippen molar-refractivity contribution < 1.29 is 14.6 Å². The number of nitrogens with zero attached hydrogens (tertiary/aromatic N) is 1. The molecule has 5 heteroatoms. The van der Waals surface area contributed by atoms with Crippen molar-refractivity contribution in [3.8, 4) is 5.75 Å². The van der Waals surface area contributed by atoms with E-state index in [-0.39, 0.29) is 12.0 Å². The lowest BCUT2D eigenvalue weighted by molar-refractivity contribution is -0.143. The Morgan fingerprint density at radius 3 is 2.79 bits per heavy atom. The molecule has 0 amide bonds. The first-order chi connectivity index (χ1) is 9.08. The number of hydrogen-bond acceptors (Lipinski definition) is 3. The molecular formula is C14H18ClNO3. The summed E-state index contributed by atoms with van der Waals surface area (Å²) in [6.07, 6.45) is 0.928. The molecule has 1 aromatic carbocycles. The zero-order chi connectivity index (χ0) is 13.8. The van der Waals surface area contributed by atoms with Crippen LogP contribution >= 0.6 is 11.6 Å². The first kappa shape index (κ1) is 14.2. The summed E-state index contributed by atoms with van der Waals surface area (Å²) in [5.74, 6) is 0.216. The SMILES string of the molecule is CC1CCN(CCOc2ccc(Cl)cc2)C1C(=O)O. The Labute approximate surface area is 117 Å². The summed E-state index contributed by atoms with van der Waals surface area (Å²) in [6, 6.07) is 6.78. The Morgan fingerprint density at radius 2 is 2.16 bits per heavy atom. The van der Waals surface area contributed by atoms with Crippen molar-refractivity contribution in [3.63, 3.8) is 0 Å². The largest absolute Gasteiger partial charge is 0.492 e. The topological polar surface area (TPSA) is 49.8 Å².